The Bertz CT molecular complexity index is 471. The third kappa shape index (κ3) is 3.91. The summed E-state index contributed by atoms with van der Waals surface area (Å²) in [7, 11) is 3.51. The normalized spacial score (nSPS) is 19.4. The Balaban J connectivity index is 2.31. The van der Waals surface area contributed by atoms with Crippen LogP contribution in [0.5, 0.6) is 11.5 Å². The molecule has 21 heavy (non-hydrogen) atoms. The second-order valence-electron chi connectivity index (χ2n) is 7.03. The highest BCUT2D eigenvalue weighted by Gasteiger charge is 2.23. The van der Waals surface area contributed by atoms with Crippen LogP contribution in [0.1, 0.15) is 44.7 Å². The molecule has 0 bridgehead atoms. The number of nitrogens with one attached hydrogen (secondary N) is 1. The van der Waals surface area contributed by atoms with E-state index in [4.69, 9.17) is 9.47 Å². The zero-order chi connectivity index (χ0) is 15.5. The largest absolute Gasteiger partial charge is 0.496 e. The number of hydrogen-bond acceptors (Lipinski definition) is 3. The fourth-order valence-corrected chi connectivity index (χ4v) is 3.12. The van der Waals surface area contributed by atoms with Crippen LogP contribution >= 0.6 is 0 Å². The quantitative estimate of drug-likeness (QED) is 0.920. The van der Waals surface area contributed by atoms with Crippen molar-refractivity contribution in [2.24, 2.45) is 5.92 Å². The molecule has 1 atom stereocenters. The van der Waals surface area contributed by atoms with Gasteiger partial charge in [-0.15, -0.1) is 0 Å². The summed E-state index contributed by atoms with van der Waals surface area (Å²) in [5, 5.41) is 3.48. The smallest absolute Gasteiger partial charge is 0.123 e. The lowest BCUT2D eigenvalue weighted by Gasteiger charge is -2.26. The van der Waals surface area contributed by atoms with Crippen molar-refractivity contribution in [3.63, 3.8) is 0 Å². The number of benzene rings is 1. The van der Waals surface area contributed by atoms with Gasteiger partial charge < -0.3 is 14.8 Å². The van der Waals surface area contributed by atoms with E-state index in [-0.39, 0.29) is 5.41 Å². The molecule has 2 rings (SSSR count). The van der Waals surface area contributed by atoms with Crippen LogP contribution in [-0.2, 0) is 11.8 Å². The summed E-state index contributed by atoms with van der Waals surface area (Å²) in [6, 6.07) is 4.33. The standard InChI is InChI=1S/C18H29NO2/c1-18(2,3)15-11-16(20-4)14(10-17(15)21-5)9-13-7-6-8-19-12-13/h10-11,13,19H,6-9,12H2,1-5H3. The van der Waals surface area contributed by atoms with Gasteiger partial charge in [-0.25, -0.2) is 0 Å². The fraction of sp³-hybridized carbons (Fsp3) is 0.667. The van der Waals surface area contributed by atoms with Crippen molar-refractivity contribution < 1.29 is 9.47 Å². The molecule has 0 aromatic heterocycles. The molecular formula is C18H29NO2. The molecular weight excluding hydrogens is 262 g/mol. The van der Waals surface area contributed by atoms with Crippen molar-refractivity contribution in [3.05, 3.63) is 23.3 Å². The zero-order valence-corrected chi connectivity index (χ0v) is 14.1. The number of piperidine rings is 1. The highest BCUT2D eigenvalue weighted by molar-refractivity contribution is 5.49. The Hall–Kier alpha value is -1.22. The Labute approximate surface area is 129 Å². The van der Waals surface area contributed by atoms with Crippen LogP contribution in [-0.4, -0.2) is 27.3 Å². The molecule has 1 fully saturated rings. The van der Waals surface area contributed by atoms with Gasteiger partial charge in [-0.2, -0.15) is 0 Å². The molecule has 1 saturated heterocycles. The molecule has 1 unspecified atom stereocenters. The molecule has 3 nitrogen and oxygen atoms in total. The van der Waals surface area contributed by atoms with Crippen molar-refractivity contribution in [3.8, 4) is 11.5 Å². The lowest BCUT2D eigenvalue weighted by atomic mass is 9.84. The Kier molecular flexibility index (Phi) is 5.15. The van der Waals surface area contributed by atoms with E-state index in [1.165, 1.54) is 24.0 Å². The minimum absolute atomic E-state index is 0.0452. The number of methoxy groups -OCH3 is 2. The maximum atomic E-state index is 5.65. The van der Waals surface area contributed by atoms with Gasteiger partial charge in [0.05, 0.1) is 14.2 Å². The van der Waals surface area contributed by atoms with Crippen molar-refractivity contribution in [2.75, 3.05) is 27.3 Å². The minimum atomic E-state index is 0.0452. The van der Waals surface area contributed by atoms with Gasteiger partial charge >= 0.3 is 0 Å². The van der Waals surface area contributed by atoms with Crippen molar-refractivity contribution >= 4 is 0 Å². The lowest BCUT2D eigenvalue weighted by molar-refractivity contribution is 0.358. The van der Waals surface area contributed by atoms with Gasteiger partial charge in [0.2, 0.25) is 0 Å². The van der Waals surface area contributed by atoms with Crippen LogP contribution in [0.3, 0.4) is 0 Å². The third-order valence-electron chi connectivity index (χ3n) is 4.32. The van der Waals surface area contributed by atoms with Crippen molar-refractivity contribution in [2.45, 2.75) is 45.4 Å². The predicted molar refractivity (Wildman–Crippen MR) is 87.5 cm³/mol. The predicted octanol–water partition coefficient (Wildman–Crippen LogP) is 3.54. The van der Waals surface area contributed by atoms with Crippen molar-refractivity contribution in [1.82, 2.24) is 5.32 Å². The van der Waals surface area contributed by atoms with E-state index in [1.807, 2.05) is 0 Å². The molecule has 0 radical (unpaired) electrons. The van der Waals surface area contributed by atoms with E-state index in [1.54, 1.807) is 14.2 Å². The summed E-state index contributed by atoms with van der Waals surface area (Å²) < 4.78 is 11.3. The van der Waals surface area contributed by atoms with E-state index >= 15 is 0 Å². The van der Waals surface area contributed by atoms with Crippen molar-refractivity contribution in [1.29, 1.82) is 0 Å². The highest BCUT2D eigenvalue weighted by Crippen LogP contribution is 2.37. The van der Waals surface area contributed by atoms with Gasteiger partial charge in [0.1, 0.15) is 11.5 Å². The Morgan fingerprint density at radius 2 is 1.86 bits per heavy atom. The van der Waals surface area contributed by atoms with E-state index in [0.717, 1.165) is 31.0 Å². The summed E-state index contributed by atoms with van der Waals surface area (Å²) >= 11 is 0. The molecule has 1 heterocycles. The first-order valence-corrected chi connectivity index (χ1v) is 7.91. The van der Waals surface area contributed by atoms with Crippen LogP contribution in [0.4, 0.5) is 0 Å². The van der Waals surface area contributed by atoms with Crippen LogP contribution in [0.2, 0.25) is 0 Å². The maximum Gasteiger partial charge on any atom is 0.123 e. The van der Waals surface area contributed by atoms with E-state index in [2.05, 4.69) is 38.2 Å². The second kappa shape index (κ2) is 6.69. The first-order valence-electron chi connectivity index (χ1n) is 7.91. The molecule has 0 amide bonds. The molecule has 1 aliphatic rings. The molecule has 1 aromatic carbocycles. The van der Waals surface area contributed by atoms with Gasteiger partial charge in [-0.3, -0.25) is 0 Å². The monoisotopic (exact) mass is 291 g/mol. The van der Waals surface area contributed by atoms with E-state index in [0.29, 0.717) is 5.92 Å². The lowest BCUT2D eigenvalue weighted by Crippen LogP contribution is -2.31. The van der Waals surface area contributed by atoms with Gasteiger partial charge in [-0.1, -0.05) is 20.8 Å². The molecule has 1 aliphatic heterocycles. The van der Waals surface area contributed by atoms with E-state index < -0.39 is 0 Å². The summed E-state index contributed by atoms with van der Waals surface area (Å²) in [6.45, 7) is 8.87. The summed E-state index contributed by atoms with van der Waals surface area (Å²) in [5.41, 5.74) is 2.51. The van der Waals surface area contributed by atoms with Gasteiger partial charge in [0.25, 0.3) is 0 Å². The molecule has 0 aliphatic carbocycles. The topological polar surface area (TPSA) is 30.5 Å². The van der Waals surface area contributed by atoms with Gasteiger partial charge in [0, 0.05) is 5.56 Å². The zero-order valence-electron chi connectivity index (χ0n) is 14.1. The SMILES string of the molecule is COc1cc(C(C)(C)C)c(OC)cc1CC1CCCNC1. The average molecular weight is 291 g/mol. The minimum Gasteiger partial charge on any atom is -0.496 e. The molecule has 3 heteroatoms. The summed E-state index contributed by atoms with van der Waals surface area (Å²) in [6.07, 6.45) is 3.61. The Morgan fingerprint density at radius 3 is 2.38 bits per heavy atom. The molecule has 1 aromatic rings. The summed E-state index contributed by atoms with van der Waals surface area (Å²) in [4.78, 5) is 0. The van der Waals surface area contributed by atoms with Gasteiger partial charge in [0.15, 0.2) is 0 Å². The highest BCUT2D eigenvalue weighted by atomic mass is 16.5. The van der Waals surface area contributed by atoms with E-state index in [9.17, 15) is 0 Å². The third-order valence-corrected chi connectivity index (χ3v) is 4.32. The molecule has 1 N–H and O–H groups in total. The molecule has 0 saturated carbocycles. The number of rotatable bonds is 4. The number of ether oxygens (including phenoxy) is 2. The van der Waals surface area contributed by atoms with Crippen LogP contribution in [0.25, 0.3) is 0 Å². The first kappa shape index (κ1) is 16.2. The maximum absolute atomic E-state index is 5.65. The molecule has 0 spiro atoms. The average Bonchev–Trinajstić information content (AvgIpc) is 2.46. The second-order valence-corrected chi connectivity index (χ2v) is 7.03. The molecule has 118 valence electrons. The summed E-state index contributed by atoms with van der Waals surface area (Å²) in [5.74, 6) is 2.66. The Morgan fingerprint density at radius 1 is 1.14 bits per heavy atom. The van der Waals surface area contributed by atoms with Gasteiger partial charge in [-0.05, 0) is 61.4 Å². The first-order chi connectivity index (χ1) is 9.95. The van der Waals surface area contributed by atoms with Crippen LogP contribution in [0, 0.1) is 5.92 Å². The van der Waals surface area contributed by atoms with Crippen LogP contribution in [0.15, 0.2) is 12.1 Å². The fourth-order valence-electron chi connectivity index (χ4n) is 3.12. The van der Waals surface area contributed by atoms with Crippen LogP contribution < -0.4 is 14.8 Å². The number of hydrogen-bond donors (Lipinski definition) is 1.